The molecule has 1 atom stereocenters. The normalized spacial score (nSPS) is 12.4. The van der Waals surface area contributed by atoms with Gasteiger partial charge in [0.2, 0.25) is 0 Å². The van der Waals surface area contributed by atoms with Gasteiger partial charge < -0.3 is 10.1 Å². The van der Waals surface area contributed by atoms with E-state index >= 15 is 0 Å². The van der Waals surface area contributed by atoms with Gasteiger partial charge in [-0.05, 0) is 42.3 Å². The zero-order valence-electron chi connectivity index (χ0n) is 11.1. The van der Waals surface area contributed by atoms with Crippen LogP contribution in [0.25, 0.3) is 0 Å². The number of alkyl halides is 2. The van der Waals surface area contributed by atoms with E-state index in [-0.39, 0.29) is 11.8 Å². The number of hydrogen-bond donors (Lipinski definition) is 1. The lowest BCUT2D eigenvalue weighted by Gasteiger charge is -2.15. The van der Waals surface area contributed by atoms with E-state index in [0.717, 1.165) is 17.7 Å². The number of pyridine rings is 1. The SMILES string of the molecule is CC(NCc1ccncc1)c1ccc(OC(F)F)cc1. The molecule has 1 unspecified atom stereocenters. The van der Waals surface area contributed by atoms with Crippen molar-refractivity contribution in [1.29, 1.82) is 0 Å². The smallest absolute Gasteiger partial charge is 0.387 e. The summed E-state index contributed by atoms with van der Waals surface area (Å²) in [7, 11) is 0. The summed E-state index contributed by atoms with van der Waals surface area (Å²) in [5, 5.41) is 3.36. The molecule has 0 bridgehead atoms. The molecule has 0 aliphatic rings. The van der Waals surface area contributed by atoms with Gasteiger partial charge in [-0.3, -0.25) is 4.98 Å². The second kappa shape index (κ2) is 6.96. The number of ether oxygens (including phenoxy) is 1. The van der Waals surface area contributed by atoms with Crippen LogP contribution in [0.2, 0.25) is 0 Å². The number of aromatic nitrogens is 1. The fraction of sp³-hybridized carbons (Fsp3) is 0.267. The second-order valence-corrected chi connectivity index (χ2v) is 4.41. The lowest BCUT2D eigenvalue weighted by molar-refractivity contribution is -0.0498. The molecule has 106 valence electrons. The van der Waals surface area contributed by atoms with Gasteiger partial charge in [0.15, 0.2) is 0 Å². The Morgan fingerprint density at radius 2 is 1.75 bits per heavy atom. The van der Waals surface area contributed by atoms with Crippen LogP contribution in [0.5, 0.6) is 5.75 Å². The largest absolute Gasteiger partial charge is 0.435 e. The van der Waals surface area contributed by atoms with E-state index < -0.39 is 6.61 Å². The summed E-state index contributed by atoms with van der Waals surface area (Å²) in [4.78, 5) is 3.96. The Hall–Kier alpha value is -2.01. The highest BCUT2D eigenvalue weighted by molar-refractivity contribution is 5.29. The Labute approximate surface area is 116 Å². The molecule has 2 aromatic rings. The first-order chi connectivity index (χ1) is 9.65. The number of nitrogens with zero attached hydrogens (tertiary/aromatic N) is 1. The van der Waals surface area contributed by atoms with E-state index in [4.69, 9.17) is 0 Å². The first-order valence-corrected chi connectivity index (χ1v) is 6.32. The highest BCUT2D eigenvalue weighted by Crippen LogP contribution is 2.19. The lowest BCUT2D eigenvalue weighted by Crippen LogP contribution is -2.18. The Bertz CT molecular complexity index is 517. The number of halogens is 2. The van der Waals surface area contributed by atoms with Crippen LogP contribution in [0.15, 0.2) is 48.8 Å². The number of hydrogen-bond acceptors (Lipinski definition) is 3. The van der Waals surface area contributed by atoms with E-state index in [9.17, 15) is 8.78 Å². The van der Waals surface area contributed by atoms with Crippen LogP contribution in [0.4, 0.5) is 8.78 Å². The van der Waals surface area contributed by atoms with Crippen LogP contribution < -0.4 is 10.1 Å². The predicted octanol–water partition coefficient (Wildman–Crippen LogP) is 3.53. The molecule has 1 N–H and O–H groups in total. The summed E-state index contributed by atoms with van der Waals surface area (Å²) in [6.07, 6.45) is 3.50. The van der Waals surface area contributed by atoms with Crippen molar-refractivity contribution in [1.82, 2.24) is 10.3 Å². The first-order valence-electron chi connectivity index (χ1n) is 6.32. The van der Waals surface area contributed by atoms with Gasteiger partial charge in [-0.25, -0.2) is 0 Å². The van der Waals surface area contributed by atoms with E-state index in [2.05, 4.69) is 15.0 Å². The average Bonchev–Trinajstić information content (AvgIpc) is 2.46. The Kier molecular flexibility index (Phi) is 5.01. The molecule has 1 aromatic carbocycles. The third-order valence-electron chi connectivity index (χ3n) is 2.97. The van der Waals surface area contributed by atoms with Crippen LogP contribution in [0, 0.1) is 0 Å². The predicted molar refractivity (Wildman–Crippen MR) is 72.6 cm³/mol. The van der Waals surface area contributed by atoms with Crippen molar-refractivity contribution in [2.45, 2.75) is 26.1 Å². The quantitative estimate of drug-likeness (QED) is 0.877. The van der Waals surface area contributed by atoms with Crippen LogP contribution in [0.1, 0.15) is 24.1 Å². The van der Waals surface area contributed by atoms with Crippen LogP contribution in [-0.4, -0.2) is 11.6 Å². The van der Waals surface area contributed by atoms with Gasteiger partial charge in [-0.2, -0.15) is 8.78 Å². The fourth-order valence-electron chi connectivity index (χ4n) is 1.83. The van der Waals surface area contributed by atoms with Crippen molar-refractivity contribution in [2.24, 2.45) is 0 Å². The maximum Gasteiger partial charge on any atom is 0.387 e. The minimum Gasteiger partial charge on any atom is -0.435 e. The third-order valence-corrected chi connectivity index (χ3v) is 2.97. The highest BCUT2D eigenvalue weighted by Gasteiger charge is 2.07. The van der Waals surface area contributed by atoms with E-state index in [1.165, 1.54) is 0 Å². The first kappa shape index (κ1) is 14.4. The summed E-state index contributed by atoms with van der Waals surface area (Å²) in [5.41, 5.74) is 2.16. The monoisotopic (exact) mass is 278 g/mol. The molecule has 0 fully saturated rings. The molecule has 0 radical (unpaired) electrons. The highest BCUT2D eigenvalue weighted by atomic mass is 19.3. The van der Waals surface area contributed by atoms with Crippen molar-refractivity contribution in [3.05, 3.63) is 59.9 Å². The fourth-order valence-corrected chi connectivity index (χ4v) is 1.83. The van der Waals surface area contributed by atoms with E-state index in [1.54, 1.807) is 36.7 Å². The van der Waals surface area contributed by atoms with Crippen LogP contribution >= 0.6 is 0 Å². The van der Waals surface area contributed by atoms with E-state index in [0.29, 0.717) is 0 Å². The molecule has 0 aliphatic carbocycles. The summed E-state index contributed by atoms with van der Waals surface area (Å²) < 4.78 is 28.4. The molecule has 20 heavy (non-hydrogen) atoms. The van der Waals surface area contributed by atoms with Gasteiger partial charge in [-0.1, -0.05) is 12.1 Å². The van der Waals surface area contributed by atoms with Crippen molar-refractivity contribution < 1.29 is 13.5 Å². The Balaban J connectivity index is 1.90. The summed E-state index contributed by atoms with van der Waals surface area (Å²) in [6, 6.07) is 10.7. The second-order valence-electron chi connectivity index (χ2n) is 4.41. The van der Waals surface area contributed by atoms with Crippen LogP contribution in [0.3, 0.4) is 0 Å². The van der Waals surface area contributed by atoms with Gasteiger partial charge >= 0.3 is 6.61 Å². The zero-order chi connectivity index (χ0) is 14.4. The Morgan fingerprint density at radius 1 is 1.10 bits per heavy atom. The molecule has 0 amide bonds. The molecule has 0 spiro atoms. The number of rotatable bonds is 6. The minimum absolute atomic E-state index is 0.115. The maximum absolute atomic E-state index is 12.0. The number of nitrogens with one attached hydrogen (secondary N) is 1. The molecule has 1 aromatic heterocycles. The molecule has 5 heteroatoms. The van der Waals surface area contributed by atoms with Gasteiger partial charge in [0, 0.05) is 25.0 Å². The number of benzene rings is 1. The van der Waals surface area contributed by atoms with Crippen molar-refractivity contribution >= 4 is 0 Å². The maximum atomic E-state index is 12.0. The third kappa shape index (κ3) is 4.28. The molecular formula is C15H16F2N2O. The standard InChI is InChI=1S/C15H16F2N2O/c1-11(19-10-12-6-8-18-9-7-12)13-2-4-14(5-3-13)20-15(16)17/h2-9,11,15,19H,10H2,1H3. The van der Waals surface area contributed by atoms with Gasteiger partial charge in [0.1, 0.15) is 5.75 Å². The molecular weight excluding hydrogens is 262 g/mol. The topological polar surface area (TPSA) is 34.2 Å². The summed E-state index contributed by atoms with van der Waals surface area (Å²) >= 11 is 0. The molecule has 0 saturated heterocycles. The van der Waals surface area contributed by atoms with Gasteiger partial charge in [0.05, 0.1) is 0 Å². The molecule has 1 heterocycles. The van der Waals surface area contributed by atoms with Crippen molar-refractivity contribution in [3.8, 4) is 5.75 Å². The van der Waals surface area contributed by atoms with Crippen molar-refractivity contribution in [3.63, 3.8) is 0 Å². The Morgan fingerprint density at radius 3 is 2.35 bits per heavy atom. The lowest BCUT2D eigenvalue weighted by atomic mass is 10.1. The molecule has 3 nitrogen and oxygen atoms in total. The molecule has 0 saturated carbocycles. The zero-order valence-corrected chi connectivity index (χ0v) is 11.1. The minimum atomic E-state index is -2.79. The van der Waals surface area contributed by atoms with Crippen LogP contribution in [-0.2, 0) is 6.54 Å². The van der Waals surface area contributed by atoms with Crippen molar-refractivity contribution in [2.75, 3.05) is 0 Å². The molecule has 0 aliphatic heterocycles. The molecule has 2 rings (SSSR count). The van der Waals surface area contributed by atoms with Gasteiger partial charge in [-0.15, -0.1) is 0 Å². The summed E-state index contributed by atoms with van der Waals surface area (Å²) in [5.74, 6) is 0.171. The van der Waals surface area contributed by atoms with E-state index in [1.807, 2.05) is 19.1 Å². The summed E-state index contributed by atoms with van der Waals surface area (Å²) in [6.45, 7) is -0.0496. The van der Waals surface area contributed by atoms with Gasteiger partial charge in [0.25, 0.3) is 0 Å². The average molecular weight is 278 g/mol.